The highest BCUT2D eigenvalue weighted by Gasteiger charge is 2.47. The number of rotatable bonds is 3. The van der Waals surface area contributed by atoms with Gasteiger partial charge in [0.15, 0.2) is 0 Å². The summed E-state index contributed by atoms with van der Waals surface area (Å²) in [6, 6.07) is 0.737. The lowest BCUT2D eigenvalue weighted by atomic mass is 9.84. The number of ether oxygens (including phenoxy) is 1. The van der Waals surface area contributed by atoms with Gasteiger partial charge in [-0.1, -0.05) is 11.9 Å². The van der Waals surface area contributed by atoms with Crippen molar-refractivity contribution in [2.75, 3.05) is 31.1 Å². The third-order valence-electron chi connectivity index (χ3n) is 2.86. The fourth-order valence-corrected chi connectivity index (χ4v) is 3.83. The Labute approximate surface area is 88.9 Å². The molecular formula is C9H17NOS2. The molecule has 13 heavy (non-hydrogen) atoms. The molecule has 0 aliphatic carbocycles. The molecule has 1 unspecified atom stereocenters. The van der Waals surface area contributed by atoms with Gasteiger partial charge in [-0.2, -0.15) is 11.8 Å². The fourth-order valence-electron chi connectivity index (χ4n) is 2.17. The SMILES string of the molecule is CSCSN1CC2(COC2)CC1C. The molecule has 2 saturated heterocycles. The van der Waals surface area contributed by atoms with Crippen molar-refractivity contribution >= 4 is 23.7 Å². The lowest BCUT2D eigenvalue weighted by Gasteiger charge is -2.37. The van der Waals surface area contributed by atoms with E-state index < -0.39 is 0 Å². The van der Waals surface area contributed by atoms with E-state index in [1.54, 1.807) is 0 Å². The van der Waals surface area contributed by atoms with Gasteiger partial charge in [-0.25, -0.2) is 4.31 Å². The monoisotopic (exact) mass is 219 g/mol. The maximum atomic E-state index is 5.32. The molecule has 4 heteroatoms. The standard InChI is InChI=1S/C9H17NOS2/c1-8-3-9(5-11-6-9)4-10(8)13-7-12-2/h8H,3-7H2,1-2H3. The van der Waals surface area contributed by atoms with E-state index in [0.29, 0.717) is 5.41 Å². The molecule has 2 aliphatic rings. The summed E-state index contributed by atoms with van der Waals surface area (Å²) in [4.78, 5) is 0. The van der Waals surface area contributed by atoms with E-state index in [2.05, 4.69) is 17.5 Å². The van der Waals surface area contributed by atoms with E-state index in [-0.39, 0.29) is 0 Å². The zero-order valence-corrected chi connectivity index (χ0v) is 9.92. The molecule has 0 amide bonds. The summed E-state index contributed by atoms with van der Waals surface area (Å²) < 4.78 is 7.86. The van der Waals surface area contributed by atoms with Crippen LogP contribution in [0, 0.1) is 5.41 Å². The highest BCUT2D eigenvalue weighted by atomic mass is 32.2. The van der Waals surface area contributed by atoms with E-state index in [0.717, 1.165) is 19.3 Å². The van der Waals surface area contributed by atoms with E-state index in [1.807, 2.05) is 23.7 Å². The number of hydrogen-bond acceptors (Lipinski definition) is 4. The van der Waals surface area contributed by atoms with Gasteiger partial charge in [-0.3, -0.25) is 0 Å². The van der Waals surface area contributed by atoms with Crippen LogP contribution in [-0.4, -0.2) is 41.4 Å². The van der Waals surface area contributed by atoms with Gasteiger partial charge in [0.05, 0.1) is 18.3 Å². The maximum absolute atomic E-state index is 5.32. The highest BCUT2D eigenvalue weighted by Crippen LogP contribution is 2.43. The molecule has 0 aromatic rings. The van der Waals surface area contributed by atoms with Crippen LogP contribution in [0.2, 0.25) is 0 Å². The number of nitrogens with zero attached hydrogens (tertiary/aromatic N) is 1. The van der Waals surface area contributed by atoms with Crippen molar-refractivity contribution in [2.45, 2.75) is 19.4 Å². The Bertz CT molecular complexity index is 184. The van der Waals surface area contributed by atoms with Gasteiger partial charge in [0.25, 0.3) is 0 Å². The fraction of sp³-hybridized carbons (Fsp3) is 1.00. The Kier molecular flexibility index (Phi) is 3.13. The summed E-state index contributed by atoms with van der Waals surface area (Å²) in [5.41, 5.74) is 0.533. The second-order valence-corrected chi connectivity index (χ2v) is 6.40. The van der Waals surface area contributed by atoms with Crippen LogP contribution in [0.4, 0.5) is 0 Å². The zero-order chi connectivity index (χ0) is 9.31. The molecule has 0 bridgehead atoms. The summed E-state index contributed by atoms with van der Waals surface area (Å²) >= 11 is 3.89. The van der Waals surface area contributed by atoms with Gasteiger partial charge >= 0.3 is 0 Å². The predicted octanol–water partition coefficient (Wildman–Crippen LogP) is 2.07. The molecule has 0 aromatic heterocycles. The van der Waals surface area contributed by atoms with Crippen molar-refractivity contribution in [1.29, 1.82) is 0 Å². The zero-order valence-electron chi connectivity index (χ0n) is 8.28. The Hall–Kier alpha value is 0.620. The van der Waals surface area contributed by atoms with E-state index in [9.17, 15) is 0 Å². The molecule has 2 aliphatic heterocycles. The van der Waals surface area contributed by atoms with E-state index >= 15 is 0 Å². The quantitative estimate of drug-likeness (QED) is 0.532. The summed E-state index contributed by atoms with van der Waals surface area (Å²) in [5, 5.41) is 1.18. The van der Waals surface area contributed by atoms with Crippen molar-refractivity contribution in [3.8, 4) is 0 Å². The van der Waals surface area contributed by atoms with Crippen LogP contribution in [0.3, 0.4) is 0 Å². The second-order valence-electron chi connectivity index (χ2n) is 4.16. The number of hydrogen-bond donors (Lipinski definition) is 0. The Morgan fingerprint density at radius 3 is 2.77 bits per heavy atom. The van der Waals surface area contributed by atoms with Crippen LogP contribution in [-0.2, 0) is 4.74 Å². The van der Waals surface area contributed by atoms with Crippen molar-refractivity contribution < 1.29 is 4.74 Å². The molecule has 2 fully saturated rings. The van der Waals surface area contributed by atoms with Crippen LogP contribution >= 0.6 is 23.7 Å². The largest absolute Gasteiger partial charge is 0.380 e. The molecule has 2 rings (SSSR count). The molecule has 2 heterocycles. The molecule has 1 spiro atoms. The third kappa shape index (κ3) is 2.01. The van der Waals surface area contributed by atoms with Crippen molar-refractivity contribution in [2.24, 2.45) is 5.41 Å². The van der Waals surface area contributed by atoms with Gasteiger partial charge in [0.2, 0.25) is 0 Å². The molecule has 2 nitrogen and oxygen atoms in total. The van der Waals surface area contributed by atoms with Crippen molar-refractivity contribution in [3.63, 3.8) is 0 Å². The summed E-state index contributed by atoms with van der Waals surface area (Å²) in [7, 11) is 0. The van der Waals surface area contributed by atoms with Gasteiger partial charge in [-0.05, 0) is 19.6 Å². The Morgan fingerprint density at radius 1 is 1.54 bits per heavy atom. The minimum atomic E-state index is 0.533. The second kappa shape index (κ2) is 4.01. The first kappa shape index (κ1) is 10.1. The summed E-state index contributed by atoms with van der Waals surface area (Å²) in [6.45, 7) is 5.56. The lowest BCUT2D eigenvalue weighted by Crippen LogP contribution is -2.43. The van der Waals surface area contributed by atoms with Crippen LogP contribution in [0.1, 0.15) is 13.3 Å². The van der Waals surface area contributed by atoms with Crippen molar-refractivity contribution in [3.05, 3.63) is 0 Å². The highest BCUT2D eigenvalue weighted by molar-refractivity contribution is 8.14. The predicted molar refractivity (Wildman–Crippen MR) is 60.0 cm³/mol. The topological polar surface area (TPSA) is 12.5 Å². The molecule has 0 aromatic carbocycles. The molecule has 0 N–H and O–H groups in total. The normalized spacial score (nSPS) is 32.3. The Morgan fingerprint density at radius 2 is 2.31 bits per heavy atom. The average Bonchev–Trinajstić information content (AvgIpc) is 2.39. The number of thioether (sulfide) groups is 1. The van der Waals surface area contributed by atoms with Crippen LogP contribution in [0.25, 0.3) is 0 Å². The smallest absolute Gasteiger partial charge is 0.0558 e. The molecule has 76 valence electrons. The molecule has 0 radical (unpaired) electrons. The van der Waals surface area contributed by atoms with Crippen LogP contribution in [0.15, 0.2) is 0 Å². The molecular weight excluding hydrogens is 202 g/mol. The van der Waals surface area contributed by atoms with Gasteiger partial charge in [-0.15, -0.1) is 0 Å². The minimum absolute atomic E-state index is 0.533. The average molecular weight is 219 g/mol. The van der Waals surface area contributed by atoms with E-state index in [1.165, 1.54) is 18.1 Å². The summed E-state index contributed by atoms with van der Waals surface area (Å²) in [5.74, 6) is 0. The molecule has 0 saturated carbocycles. The van der Waals surface area contributed by atoms with Gasteiger partial charge in [0, 0.05) is 18.0 Å². The van der Waals surface area contributed by atoms with Gasteiger partial charge < -0.3 is 4.74 Å². The van der Waals surface area contributed by atoms with Crippen LogP contribution < -0.4 is 0 Å². The third-order valence-corrected chi connectivity index (χ3v) is 5.05. The minimum Gasteiger partial charge on any atom is -0.380 e. The first-order valence-electron chi connectivity index (χ1n) is 4.72. The van der Waals surface area contributed by atoms with Gasteiger partial charge in [0.1, 0.15) is 0 Å². The lowest BCUT2D eigenvalue weighted by molar-refractivity contribution is -0.102. The van der Waals surface area contributed by atoms with Crippen molar-refractivity contribution in [1.82, 2.24) is 4.31 Å². The first-order chi connectivity index (χ1) is 6.26. The molecule has 1 atom stereocenters. The Balaban J connectivity index is 1.84. The van der Waals surface area contributed by atoms with E-state index in [4.69, 9.17) is 4.74 Å². The van der Waals surface area contributed by atoms with Crippen LogP contribution in [0.5, 0.6) is 0 Å². The first-order valence-corrected chi connectivity index (χ1v) is 7.06. The summed E-state index contributed by atoms with van der Waals surface area (Å²) in [6.07, 6.45) is 3.49. The maximum Gasteiger partial charge on any atom is 0.0558 e.